The zero-order valence-corrected chi connectivity index (χ0v) is 12.2. The Balaban J connectivity index is 2.40. The lowest BCUT2D eigenvalue weighted by atomic mass is 10.2. The predicted molar refractivity (Wildman–Crippen MR) is 79.9 cm³/mol. The van der Waals surface area contributed by atoms with Crippen LogP contribution in [0.1, 0.15) is 0 Å². The van der Waals surface area contributed by atoms with Gasteiger partial charge in [0, 0.05) is 10.5 Å². The molecule has 0 atom stereocenters. The first-order chi connectivity index (χ1) is 9.47. The molecule has 0 saturated heterocycles. The van der Waals surface area contributed by atoms with E-state index in [2.05, 4.69) is 20.9 Å². The highest BCUT2D eigenvalue weighted by atomic mass is 79.9. The number of H-pyrrole nitrogens is 1. The molecule has 5 nitrogen and oxygen atoms in total. The number of halogens is 2. The van der Waals surface area contributed by atoms with Crippen molar-refractivity contribution in [1.82, 2.24) is 9.55 Å². The van der Waals surface area contributed by atoms with Gasteiger partial charge in [-0.05, 0) is 24.3 Å². The highest BCUT2D eigenvalue weighted by Gasteiger charge is 2.15. The Morgan fingerprint density at radius 2 is 1.90 bits per heavy atom. The molecule has 0 radical (unpaired) electrons. The van der Waals surface area contributed by atoms with Gasteiger partial charge < -0.3 is 15.2 Å². The molecule has 7 heteroatoms. The highest BCUT2D eigenvalue weighted by molar-refractivity contribution is 9.10. The van der Waals surface area contributed by atoms with Crippen LogP contribution < -0.4 is 5.69 Å². The van der Waals surface area contributed by atoms with Crippen molar-refractivity contribution in [2.45, 2.75) is 0 Å². The minimum Gasteiger partial charge on any atom is -0.506 e. The number of aromatic amines is 1. The van der Waals surface area contributed by atoms with Gasteiger partial charge >= 0.3 is 5.69 Å². The van der Waals surface area contributed by atoms with Crippen molar-refractivity contribution >= 4 is 38.6 Å². The second kappa shape index (κ2) is 4.57. The molecule has 0 aliphatic rings. The molecule has 0 spiro atoms. The monoisotopic (exact) mass is 354 g/mol. The van der Waals surface area contributed by atoms with E-state index in [0.29, 0.717) is 11.0 Å². The van der Waals surface area contributed by atoms with Crippen molar-refractivity contribution in [2.75, 3.05) is 0 Å². The van der Waals surface area contributed by atoms with E-state index in [1.165, 1.54) is 10.6 Å². The van der Waals surface area contributed by atoms with Crippen LogP contribution in [-0.2, 0) is 0 Å². The van der Waals surface area contributed by atoms with E-state index in [1.54, 1.807) is 18.2 Å². The molecule has 3 N–H and O–H groups in total. The molecule has 0 bridgehead atoms. The molecule has 1 aromatic heterocycles. The third kappa shape index (κ3) is 1.97. The van der Waals surface area contributed by atoms with Gasteiger partial charge in [0.1, 0.15) is 11.5 Å². The molecule has 0 amide bonds. The van der Waals surface area contributed by atoms with Gasteiger partial charge in [-0.2, -0.15) is 0 Å². The number of aromatic nitrogens is 2. The Bertz CT molecular complexity index is 885. The fraction of sp³-hybridized carbons (Fsp3) is 0. The van der Waals surface area contributed by atoms with E-state index < -0.39 is 5.69 Å². The lowest BCUT2D eigenvalue weighted by molar-refractivity contribution is 0.449. The zero-order valence-electron chi connectivity index (χ0n) is 9.89. The van der Waals surface area contributed by atoms with Gasteiger partial charge in [0.2, 0.25) is 0 Å². The van der Waals surface area contributed by atoms with E-state index in [0.717, 1.165) is 10.5 Å². The topological polar surface area (TPSA) is 78.2 Å². The van der Waals surface area contributed by atoms with Gasteiger partial charge in [0.15, 0.2) is 0 Å². The minimum absolute atomic E-state index is 0.0500. The van der Waals surface area contributed by atoms with Gasteiger partial charge in [0.05, 0.1) is 21.7 Å². The van der Waals surface area contributed by atoms with E-state index in [-0.39, 0.29) is 22.2 Å². The van der Waals surface area contributed by atoms with Crippen molar-refractivity contribution in [1.29, 1.82) is 0 Å². The maximum Gasteiger partial charge on any atom is 0.331 e. The van der Waals surface area contributed by atoms with Gasteiger partial charge in [-0.3, -0.25) is 4.57 Å². The normalized spacial score (nSPS) is 11.1. The van der Waals surface area contributed by atoms with Crippen LogP contribution in [0.2, 0.25) is 5.02 Å². The van der Waals surface area contributed by atoms with Crippen LogP contribution in [0, 0.1) is 0 Å². The first-order valence-electron chi connectivity index (χ1n) is 5.59. The number of benzene rings is 2. The maximum atomic E-state index is 12.1. The lowest BCUT2D eigenvalue weighted by Crippen LogP contribution is -2.14. The summed E-state index contributed by atoms with van der Waals surface area (Å²) >= 11 is 9.18. The number of nitrogens with zero attached hydrogens (tertiary/aromatic N) is 1. The Morgan fingerprint density at radius 1 is 1.15 bits per heavy atom. The molecule has 102 valence electrons. The van der Waals surface area contributed by atoms with Crippen LogP contribution in [0.4, 0.5) is 0 Å². The molecular formula is C13H8BrClN2O3. The van der Waals surface area contributed by atoms with E-state index in [1.807, 2.05) is 0 Å². The lowest BCUT2D eigenvalue weighted by Gasteiger charge is -2.08. The summed E-state index contributed by atoms with van der Waals surface area (Å²) in [4.78, 5) is 14.8. The summed E-state index contributed by atoms with van der Waals surface area (Å²) in [6.07, 6.45) is 0. The van der Waals surface area contributed by atoms with Crippen LogP contribution in [0.15, 0.2) is 39.6 Å². The average molecular weight is 356 g/mol. The SMILES string of the molecule is O=c1[nH]c2ccc(Br)cc2n1-c1cc(Cl)c(O)cc1O. The van der Waals surface area contributed by atoms with Crippen LogP contribution in [0.3, 0.4) is 0 Å². The van der Waals surface area contributed by atoms with Crippen LogP contribution in [0.5, 0.6) is 11.5 Å². The fourth-order valence-corrected chi connectivity index (χ4v) is 2.54. The van der Waals surface area contributed by atoms with Crippen LogP contribution in [-0.4, -0.2) is 19.8 Å². The standard InChI is InChI=1S/C13H8BrClN2O3/c14-6-1-2-8-9(3-6)17(13(20)16-8)10-4-7(15)11(18)5-12(10)19/h1-5,18-19H,(H,16,20). The second-order valence-corrected chi connectivity index (χ2v) is 5.54. The van der Waals surface area contributed by atoms with E-state index >= 15 is 0 Å². The Kier molecular flexibility index (Phi) is 2.99. The third-order valence-corrected chi connectivity index (χ3v) is 3.73. The molecule has 0 fully saturated rings. The number of fused-ring (bicyclic) bond motifs is 1. The molecule has 3 rings (SSSR count). The summed E-state index contributed by atoms with van der Waals surface area (Å²) in [5.41, 5.74) is 1.00. The Hall–Kier alpha value is -1.92. The molecule has 0 aliphatic carbocycles. The summed E-state index contributed by atoms with van der Waals surface area (Å²) in [6.45, 7) is 0. The zero-order chi connectivity index (χ0) is 14.4. The van der Waals surface area contributed by atoms with Crippen molar-refractivity contribution in [3.8, 4) is 17.2 Å². The van der Waals surface area contributed by atoms with Crippen molar-refractivity contribution in [3.63, 3.8) is 0 Å². The minimum atomic E-state index is -0.407. The number of rotatable bonds is 1. The Morgan fingerprint density at radius 3 is 2.65 bits per heavy atom. The van der Waals surface area contributed by atoms with Crippen LogP contribution in [0.25, 0.3) is 16.7 Å². The van der Waals surface area contributed by atoms with Gasteiger partial charge in [-0.15, -0.1) is 0 Å². The number of hydrogen-bond donors (Lipinski definition) is 3. The molecule has 0 unspecified atom stereocenters. The summed E-state index contributed by atoms with van der Waals surface area (Å²) in [5.74, 6) is -0.489. The van der Waals surface area contributed by atoms with Gasteiger partial charge in [-0.1, -0.05) is 27.5 Å². The molecule has 0 aliphatic heterocycles. The molecule has 1 heterocycles. The van der Waals surface area contributed by atoms with Gasteiger partial charge in [0.25, 0.3) is 0 Å². The largest absolute Gasteiger partial charge is 0.506 e. The third-order valence-electron chi connectivity index (χ3n) is 2.93. The second-order valence-electron chi connectivity index (χ2n) is 4.22. The van der Waals surface area contributed by atoms with Gasteiger partial charge in [-0.25, -0.2) is 4.79 Å². The molecule has 2 aromatic carbocycles. The fourth-order valence-electron chi connectivity index (χ4n) is 2.03. The molecule has 3 aromatic rings. The van der Waals surface area contributed by atoms with Crippen molar-refractivity contribution in [2.24, 2.45) is 0 Å². The number of imidazole rings is 1. The average Bonchev–Trinajstić information content (AvgIpc) is 2.69. The van der Waals surface area contributed by atoms with Crippen molar-refractivity contribution < 1.29 is 10.2 Å². The van der Waals surface area contributed by atoms with Crippen molar-refractivity contribution in [3.05, 3.63) is 50.3 Å². The van der Waals surface area contributed by atoms with Crippen LogP contribution >= 0.6 is 27.5 Å². The predicted octanol–water partition coefficient (Wildman–Crippen LogP) is 3.15. The molecular weight excluding hydrogens is 348 g/mol. The smallest absolute Gasteiger partial charge is 0.331 e. The quantitative estimate of drug-likeness (QED) is 0.627. The van der Waals surface area contributed by atoms with E-state index in [4.69, 9.17) is 11.6 Å². The number of nitrogens with one attached hydrogen (secondary N) is 1. The summed E-state index contributed by atoms with van der Waals surface area (Å²) < 4.78 is 2.09. The first-order valence-corrected chi connectivity index (χ1v) is 6.76. The molecule has 20 heavy (non-hydrogen) atoms. The number of hydrogen-bond acceptors (Lipinski definition) is 3. The summed E-state index contributed by atoms with van der Waals surface area (Å²) in [5, 5.41) is 19.4. The summed E-state index contributed by atoms with van der Waals surface area (Å²) in [7, 11) is 0. The number of phenols is 2. The Labute approximate surface area is 126 Å². The number of phenolic OH excluding ortho intramolecular Hbond substituents is 2. The van der Waals surface area contributed by atoms with E-state index in [9.17, 15) is 15.0 Å². The summed E-state index contributed by atoms with van der Waals surface area (Å²) in [6, 6.07) is 7.72. The first kappa shape index (κ1) is 13.1. The highest BCUT2D eigenvalue weighted by Crippen LogP contribution is 2.34. The molecule has 0 saturated carbocycles. The number of aromatic hydroxyl groups is 2. The maximum absolute atomic E-state index is 12.1.